The van der Waals surface area contributed by atoms with E-state index in [0.717, 1.165) is 32.4 Å². The fourth-order valence-electron chi connectivity index (χ4n) is 3.47. The highest BCUT2D eigenvalue weighted by molar-refractivity contribution is 5.94. The predicted molar refractivity (Wildman–Crippen MR) is 91.9 cm³/mol. The van der Waals surface area contributed by atoms with E-state index in [1.54, 1.807) is 0 Å². The zero-order chi connectivity index (χ0) is 16.5. The second-order valence-corrected chi connectivity index (χ2v) is 7.30. The number of nitrogens with zero attached hydrogens (tertiary/aromatic N) is 4. The van der Waals surface area contributed by atoms with Crippen LogP contribution in [0.15, 0.2) is 36.5 Å². The first kappa shape index (κ1) is 15.5. The SMILES string of the molecule is CC(Cc1ccccc1)N1CC(CC(=O)c2cn(C3CC3)nn2)C1. The number of Topliss-reactive ketones (excluding diaryl/α,β-unsaturated/α-hetero) is 1. The van der Waals surface area contributed by atoms with E-state index in [-0.39, 0.29) is 5.78 Å². The van der Waals surface area contributed by atoms with Gasteiger partial charge in [0.05, 0.1) is 12.2 Å². The Balaban J connectivity index is 1.24. The molecule has 2 heterocycles. The first-order chi connectivity index (χ1) is 11.7. The molecular weight excluding hydrogens is 300 g/mol. The molecule has 0 bridgehead atoms. The molecule has 1 aliphatic heterocycles. The maximum absolute atomic E-state index is 12.3. The molecule has 1 aromatic heterocycles. The smallest absolute Gasteiger partial charge is 0.185 e. The van der Waals surface area contributed by atoms with Gasteiger partial charge in [-0.25, -0.2) is 4.68 Å². The van der Waals surface area contributed by atoms with Crippen molar-refractivity contribution in [1.82, 2.24) is 19.9 Å². The van der Waals surface area contributed by atoms with Crippen molar-refractivity contribution in [2.24, 2.45) is 5.92 Å². The minimum atomic E-state index is 0.141. The van der Waals surface area contributed by atoms with Gasteiger partial charge in [0.15, 0.2) is 5.78 Å². The maximum Gasteiger partial charge on any atom is 0.185 e. The van der Waals surface area contributed by atoms with E-state index >= 15 is 0 Å². The lowest BCUT2D eigenvalue weighted by Gasteiger charge is -2.43. The Morgan fingerprint density at radius 2 is 2.00 bits per heavy atom. The zero-order valence-corrected chi connectivity index (χ0v) is 14.1. The van der Waals surface area contributed by atoms with E-state index in [0.29, 0.717) is 30.1 Å². The topological polar surface area (TPSA) is 51.0 Å². The third-order valence-corrected chi connectivity index (χ3v) is 5.17. The van der Waals surface area contributed by atoms with Crippen LogP contribution in [0.5, 0.6) is 0 Å². The third kappa shape index (κ3) is 3.41. The predicted octanol–water partition coefficient (Wildman–Crippen LogP) is 2.75. The van der Waals surface area contributed by atoms with E-state index in [9.17, 15) is 4.79 Å². The average Bonchev–Trinajstić information content (AvgIpc) is 3.28. The Hall–Kier alpha value is -2.01. The fourth-order valence-corrected chi connectivity index (χ4v) is 3.47. The van der Waals surface area contributed by atoms with Gasteiger partial charge in [-0.2, -0.15) is 0 Å². The van der Waals surface area contributed by atoms with Crippen LogP contribution >= 0.6 is 0 Å². The third-order valence-electron chi connectivity index (χ3n) is 5.17. The molecule has 2 fully saturated rings. The van der Waals surface area contributed by atoms with Crippen molar-refractivity contribution < 1.29 is 4.79 Å². The fraction of sp³-hybridized carbons (Fsp3) is 0.526. The standard InChI is InChI=1S/C19H24N4O/c1-14(9-15-5-3-2-4-6-15)22-11-16(12-22)10-19(24)18-13-23(21-20-18)17-7-8-17/h2-6,13-14,16-17H,7-12H2,1H3. The summed E-state index contributed by atoms with van der Waals surface area (Å²) in [6.07, 6.45) is 5.81. The van der Waals surface area contributed by atoms with Crippen LogP contribution in [0.2, 0.25) is 0 Å². The molecule has 2 aliphatic rings. The van der Waals surface area contributed by atoms with Crippen LogP contribution < -0.4 is 0 Å². The molecule has 1 aliphatic carbocycles. The van der Waals surface area contributed by atoms with Crippen LogP contribution in [0.25, 0.3) is 0 Å². The van der Waals surface area contributed by atoms with E-state index in [4.69, 9.17) is 0 Å². The van der Waals surface area contributed by atoms with Crippen molar-refractivity contribution in [3.05, 3.63) is 47.8 Å². The summed E-state index contributed by atoms with van der Waals surface area (Å²) < 4.78 is 1.85. The molecule has 126 valence electrons. The van der Waals surface area contributed by atoms with E-state index in [1.807, 2.05) is 10.9 Å². The van der Waals surface area contributed by atoms with Crippen LogP contribution in [0, 0.1) is 5.92 Å². The minimum Gasteiger partial charge on any atom is -0.300 e. The summed E-state index contributed by atoms with van der Waals surface area (Å²) in [6.45, 7) is 4.29. The summed E-state index contributed by atoms with van der Waals surface area (Å²) in [4.78, 5) is 14.8. The normalized spacial score (nSPS) is 19.9. The van der Waals surface area contributed by atoms with Gasteiger partial charge < -0.3 is 0 Å². The maximum atomic E-state index is 12.3. The number of hydrogen-bond acceptors (Lipinski definition) is 4. The lowest BCUT2D eigenvalue weighted by Crippen LogP contribution is -2.52. The van der Waals surface area contributed by atoms with Crippen LogP contribution in [-0.2, 0) is 6.42 Å². The number of likely N-dealkylation sites (tertiary alicyclic amines) is 1. The number of carbonyl (C=O) groups excluding carboxylic acids is 1. The first-order valence-corrected chi connectivity index (χ1v) is 8.92. The van der Waals surface area contributed by atoms with Crippen molar-refractivity contribution in [2.75, 3.05) is 13.1 Å². The van der Waals surface area contributed by atoms with Crippen LogP contribution in [0.3, 0.4) is 0 Å². The van der Waals surface area contributed by atoms with Crippen LogP contribution in [-0.4, -0.2) is 44.8 Å². The Bertz CT molecular complexity index is 701. The number of hydrogen-bond donors (Lipinski definition) is 0. The highest BCUT2D eigenvalue weighted by atomic mass is 16.1. The van der Waals surface area contributed by atoms with Gasteiger partial charge in [0, 0.05) is 25.6 Å². The summed E-state index contributed by atoms with van der Waals surface area (Å²) in [5.74, 6) is 0.601. The number of aromatic nitrogens is 3. The zero-order valence-electron chi connectivity index (χ0n) is 14.1. The molecular formula is C19H24N4O. The minimum absolute atomic E-state index is 0.141. The van der Waals surface area contributed by atoms with Crippen LogP contribution in [0.1, 0.15) is 48.3 Å². The summed E-state index contributed by atoms with van der Waals surface area (Å²) in [7, 11) is 0. The molecule has 0 N–H and O–H groups in total. The van der Waals surface area contributed by atoms with Gasteiger partial charge in [-0.1, -0.05) is 35.5 Å². The lowest BCUT2D eigenvalue weighted by molar-refractivity contribution is 0.0506. The van der Waals surface area contributed by atoms with E-state index in [1.165, 1.54) is 5.56 Å². The van der Waals surface area contributed by atoms with Gasteiger partial charge in [-0.05, 0) is 37.7 Å². The van der Waals surface area contributed by atoms with Crippen molar-refractivity contribution >= 4 is 5.78 Å². The van der Waals surface area contributed by atoms with Gasteiger partial charge >= 0.3 is 0 Å². The quantitative estimate of drug-likeness (QED) is 0.735. The summed E-state index contributed by atoms with van der Waals surface area (Å²) in [5, 5.41) is 8.12. The molecule has 0 amide bonds. The largest absolute Gasteiger partial charge is 0.300 e. The monoisotopic (exact) mass is 324 g/mol. The molecule has 1 saturated heterocycles. The number of ketones is 1. The second kappa shape index (κ2) is 6.48. The van der Waals surface area contributed by atoms with Crippen molar-refractivity contribution in [1.29, 1.82) is 0 Å². The first-order valence-electron chi connectivity index (χ1n) is 8.92. The van der Waals surface area contributed by atoms with E-state index in [2.05, 4.69) is 52.5 Å². The summed E-state index contributed by atoms with van der Waals surface area (Å²) in [5.41, 5.74) is 1.92. The average molecular weight is 324 g/mol. The second-order valence-electron chi connectivity index (χ2n) is 7.30. The van der Waals surface area contributed by atoms with Gasteiger partial charge in [0.2, 0.25) is 0 Å². The molecule has 1 saturated carbocycles. The molecule has 5 heteroatoms. The highest BCUT2D eigenvalue weighted by Crippen LogP contribution is 2.34. The van der Waals surface area contributed by atoms with Gasteiger partial charge in [0.25, 0.3) is 0 Å². The van der Waals surface area contributed by atoms with Crippen LogP contribution in [0.4, 0.5) is 0 Å². The molecule has 1 atom stereocenters. The number of rotatable bonds is 7. The van der Waals surface area contributed by atoms with E-state index < -0.39 is 0 Å². The molecule has 24 heavy (non-hydrogen) atoms. The highest BCUT2D eigenvalue weighted by Gasteiger charge is 2.33. The summed E-state index contributed by atoms with van der Waals surface area (Å²) in [6, 6.07) is 11.6. The summed E-state index contributed by atoms with van der Waals surface area (Å²) >= 11 is 0. The van der Waals surface area contributed by atoms with Gasteiger partial charge in [-0.15, -0.1) is 5.10 Å². The Morgan fingerprint density at radius 1 is 1.25 bits per heavy atom. The van der Waals surface area contributed by atoms with Gasteiger partial charge in [0.1, 0.15) is 5.69 Å². The Kier molecular flexibility index (Phi) is 4.19. The van der Waals surface area contributed by atoms with Crippen molar-refractivity contribution in [3.8, 4) is 0 Å². The lowest BCUT2D eigenvalue weighted by atomic mass is 9.90. The van der Waals surface area contributed by atoms with Gasteiger partial charge in [-0.3, -0.25) is 9.69 Å². The molecule has 1 unspecified atom stereocenters. The number of carbonyl (C=O) groups is 1. The Labute approximate surface area is 142 Å². The van der Waals surface area contributed by atoms with Crippen molar-refractivity contribution in [2.45, 2.75) is 44.7 Å². The molecule has 4 rings (SSSR count). The molecule has 1 aromatic carbocycles. The molecule has 0 spiro atoms. The number of benzene rings is 1. The molecule has 0 radical (unpaired) electrons. The molecule has 2 aromatic rings. The van der Waals surface area contributed by atoms with Crippen molar-refractivity contribution in [3.63, 3.8) is 0 Å². The Morgan fingerprint density at radius 3 is 2.71 bits per heavy atom. The molecule has 5 nitrogen and oxygen atoms in total.